The van der Waals surface area contributed by atoms with Crippen molar-refractivity contribution in [1.29, 1.82) is 0 Å². The van der Waals surface area contributed by atoms with Crippen LogP contribution in [0.2, 0.25) is 0 Å². The summed E-state index contributed by atoms with van der Waals surface area (Å²) in [5, 5.41) is 0. The van der Waals surface area contributed by atoms with E-state index in [4.69, 9.17) is 9.15 Å². The van der Waals surface area contributed by atoms with Gasteiger partial charge in [-0.2, -0.15) is 13.2 Å². The number of alkyl halides is 3. The van der Waals surface area contributed by atoms with E-state index < -0.39 is 29.0 Å². The number of carbonyl (C=O) groups is 2. The zero-order valence-electron chi connectivity index (χ0n) is 21.2. The van der Waals surface area contributed by atoms with Gasteiger partial charge in [0.25, 0.3) is 0 Å². The lowest BCUT2D eigenvalue weighted by Crippen LogP contribution is -2.50. The second-order valence-electron chi connectivity index (χ2n) is 10.5. The molecular formula is C27H27F3N4O4. The number of carbonyl (C=O) groups excluding carboxylic acids is 2. The maximum Gasteiger partial charge on any atom is 0.452 e. The van der Waals surface area contributed by atoms with Crippen LogP contribution in [0.25, 0.3) is 11.5 Å². The number of halogens is 3. The number of likely N-dealkylation sites (tertiary alicyclic amines) is 1. The Hall–Kier alpha value is -3.89. The summed E-state index contributed by atoms with van der Waals surface area (Å²) in [6.07, 6.45) is -3.22. The molecule has 2 atom stereocenters. The fourth-order valence-electron chi connectivity index (χ4n) is 4.86. The summed E-state index contributed by atoms with van der Waals surface area (Å²) in [5.41, 5.74) is -0.521. The van der Waals surface area contributed by atoms with Crippen molar-refractivity contribution in [3.63, 3.8) is 0 Å². The van der Waals surface area contributed by atoms with Gasteiger partial charge in [0.1, 0.15) is 11.4 Å². The van der Waals surface area contributed by atoms with Crippen molar-refractivity contribution in [2.24, 2.45) is 0 Å². The first-order valence-corrected chi connectivity index (χ1v) is 12.3. The highest BCUT2D eigenvalue weighted by molar-refractivity contribution is 5.97. The smallest absolute Gasteiger partial charge is 0.444 e. The van der Waals surface area contributed by atoms with Crippen LogP contribution in [0.4, 0.5) is 23.8 Å². The Bertz CT molecular complexity index is 1330. The van der Waals surface area contributed by atoms with Crippen LogP contribution in [0, 0.1) is 0 Å². The van der Waals surface area contributed by atoms with Crippen molar-refractivity contribution < 1.29 is 31.9 Å². The van der Waals surface area contributed by atoms with Crippen molar-refractivity contribution >= 4 is 17.7 Å². The summed E-state index contributed by atoms with van der Waals surface area (Å²) < 4.78 is 51.3. The second-order valence-corrected chi connectivity index (χ2v) is 10.5. The zero-order valence-corrected chi connectivity index (χ0v) is 21.2. The number of Topliss-reactive ketones (excluding diaryl/α,β-unsaturated/α-hetero) is 1. The van der Waals surface area contributed by atoms with Crippen molar-refractivity contribution in [1.82, 2.24) is 14.9 Å². The molecule has 2 unspecified atom stereocenters. The first-order valence-electron chi connectivity index (χ1n) is 12.3. The minimum atomic E-state index is -4.87. The molecule has 2 fully saturated rings. The first kappa shape index (κ1) is 25.7. The number of rotatable bonds is 5. The fraction of sp³-hybridized carbons (Fsp3) is 0.407. The number of anilines is 1. The molecule has 200 valence electrons. The van der Waals surface area contributed by atoms with Gasteiger partial charge in [-0.3, -0.25) is 4.79 Å². The Kier molecular flexibility index (Phi) is 6.40. The number of fused-ring (bicyclic) bond motifs is 2. The third kappa shape index (κ3) is 5.23. The Morgan fingerprint density at radius 2 is 1.79 bits per heavy atom. The standard InChI is InChI=1S/C27H27F3N4O4/c1-26(2,3)38-25(36)34-15-18-12-19(34)14-33(18)21-10-9-16(13-31-21)11-20(35)22-23(27(28,29)30)37-24(32-22)17-7-5-4-6-8-17/h4-10,13,18-19H,11-12,14-15H2,1-3H3. The molecule has 5 rings (SSSR count). The SMILES string of the molecule is CC(C)(C)OC(=O)N1CC2CC1CN2c1ccc(CC(=O)c2nc(-c3ccccc3)oc2C(F)(F)F)cn1. The summed E-state index contributed by atoms with van der Waals surface area (Å²) in [6.45, 7) is 6.62. The number of benzene rings is 1. The number of hydrogen-bond donors (Lipinski definition) is 0. The van der Waals surface area contributed by atoms with E-state index in [-0.39, 0.29) is 30.5 Å². The van der Waals surface area contributed by atoms with E-state index in [2.05, 4.69) is 14.9 Å². The normalized spacial score (nSPS) is 19.2. The molecule has 1 amide bonds. The average molecular weight is 529 g/mol. The summed E-state index contributed by atoms with van der Waals surface area (Å²) in [7, 11) is 0. The number of oxazole rings is 1. The lowest BCUT2D eigenvalue weighted by atomic mass is 10.1. The average Bonchev–Trinajstić information content (AvgIpc) is 3.58. The molecule has 0 saturated carbocycles. The minimum absolute atomic E-state index is 0.0182. The molecular weight excluding hydrogens is 501 g/mol. The third-order valence-electron chi connectivity index (χ3n) is 6.51. The molecule has 0 radical (unpaired) electrons. The van der Waals surface area contributed by atoms with Gasteiger partial charge in [0.15, 0.2) is 11.5 Å². The second kappa shape index (κ2) is 9.45. The van der Waals surface area contributed by atoms with Crippen molar-refractivity contribution in [3.8, 4) is 11.5 Å². The van der Waals surface area contributed by atoms with Crippen molar-refractivity contribution in [2.75, 3.05) is 18.0 Å². The van der Waals surface area contributed by atoms with Crippen LogP contribution >= 0.6 is 0 Å². The molecule has 0 N–H and O–H groups in total. The lowest BCUT2D eigenvalue weighted by molar-refractivity contribution is -0.153. The molecule has 2 aromatic heterocycles. The molecule has 2 aliphatic rings. The summed E-state index contributed by atoms with van der Waals surface area (Å²) in [5.74, 6) is -1.81. The highest BCUT2D eigenvalue weighted by Gasteiger charge is 2.47. The van der Waals surface area contributed by atoms with Gasteiger partial charge in [-0.1, -0.05) is 24.3 Å². The molecule has 0 spiro atoms. The molecule has 3 aromatic rings. The van der Waals surface area contributed by atoms with Crippen LogP contribution in [-0.4, -0.2) is 57.5 Å². The maximum atomic E-state index is 13.6. The molecule has 0 aliphatic carbocycles. The van der Waals surface area contributed by atoms with Crippen molar-refractivity contribution in [2.45, 2.75) is 57.5 Å². The number of ether oxygens (including phenoxy) is 1. The Morgan fingerprint density at radius 1 is 1.05 bits per heavy atom. The Balaban J connectivity index is 1.27. The quantitative estimate of drug-likeness (QED) is 0.411. The van der Waals surface area contributed by atoms with Crippen LogP contribution < -0.4 is 4.90 Å². The Labute approximate surface area is 217 Å². The number of ketones is 1. The monoisotopic (exact) mass is 528 g/mol. The van der Waals surface area contributed by atoms with Gasteiger partial charge in [-0.15, -0.1) is 0 Å². The molecule has 2 saturated heterocycles. The lowest BCUT2D eigenvalue weighted by Gasteiger charge is -2.35. The Morgan fingerprint density at radius 3 is 2.37 bits per heavy atom. The van der Waals surface area contributed by atoms with E-state index in [0.29, 0.717) is 30.0 Å². The molecule has 2 bridgehead atoms. The first-order chi connectivity index (χ1) is 17.9. The number of amides is 1. The predicted molar refractivity (Wildman–Crippen MR) is 132 cm³/mol. The highest BCUT2D eigenvalue weighted by Crippen LogP contribution is 2.37. The predicted octanol–water partition coefficient (Wildman–Crippen LogP) is 5.38. The van der Waals surface area contributed by atoms with Crippen molar-refractivity contribution in [3.05, 3.63) is 65.7 Å². The molecule has 2 aliphatic heterocycles. The van der Waals surface area contributed by atoms with Gasteiger partial charge in [-0.25, -0.2) is 14.8 Å². The molecule has 4 heterocycles. The number of nitrogens with zero attached hydrogens (tertiary/aromatic N) is 4. The summed E-state index contributed by atoms with van der Waals surface area (Å²) >= 11 is 0. The van der Waals surface area contributed by atoms with Crippen LogP contribution in [0.5, 0.6) is 0 Å². The van der Waals surface area contributed by atoms with E-state index >= 15 is 0 Å². The van der Waals surface area contributed by atoms with Crippen LogP contribution in [-0.2, 0) is 17.3 Å². The number of aromatic nitrogens is 2. The van der Waals surface area contributed by atoms with Crippen LogP contribution in [0.1, 0.15) is 49.0 Å². The number of pyridine rings is 1. The highest BCUT2D eigenvalue weighted by atomic mass is 19.4. The molecule has 38 heavy (non-hydrogen) atoms. The maximum absolute atomic E-state index is 13.6. The molecule has 11 heteroatoms. The zero-order chi connectivity index (χ0) is 27.2. The fourth-order valence-corrected chi connectivity index (χ4v) is 4.86. The van der Waals surface area contributed by atoms with Crippen LogP contribution in [0.15, 0.2) is 53.1 Å². The van der Waals surface area contributed by atoms with Crippen LogP contribution in [0.3, 0.4) is 0 Å². The number of piperazine rings is 1. The van der Waals surface area contributed by atoms with Gasteiger partial charge in [-0.05, 0) is 51.0 Å². The summed E-state index contributed by atoms with van der Waals surface area (Å²) in [4.78, 5) is 37.5. The van der Waals surface area contributed by atoms with Gasteiger partial charge in [0.2, 0.25) is 11.7 Å². The van der Waals surface area contributed by atoms with E-state index in [9.17, 15) is 22.8 Å². The minimum Gasteiger partial charge on any atom is -0.444 e. The van der Waals surface area contributed by atoms with Gasteiger partial charge < -0.3 is 19.0 Å². The summed E-state index contributed by atoms with van der Waals surface area (Å²) in [6, 6.07) is 11.6. The van der Waals surface area contributed by atoms with E-state index in [0.717, 1.165) is 6.42 Å². The third-order valence-corrected chi connectivity index (χ3v) is 6.51. The van der Waals surface area contributed by atoms with Gasteiger partial charge in [0, 0.05) is 31.3 Å². The van der Waals surface area contributed by atoms with E-state index in [1.165, 1.54) is 6.20 Å². The van der Waals surface area contributed by atoms with E-state index in [1.54, 1.807) is 47.4 Å². The van der Waals surface area contributed by atoms with Gasteiger partial charge in [0.05, 0.1) is 12.1 Å². The van der Waals surface area contributed by atoms with E-state index in [1.807, 2.05) is 20.8 Å². The number of hydrogen-bond acceptors (Lipinski definition) is 7. The van der Waals surface area contributed by atoms with Gasteiger partial charge >= 0.3 is 12.3 Å². The molecule has 8 nitrogen and oxygen atoms in total. The topological polar surface area (TPSA) is 88.8 Å². The largest absolute Gasteiger partial charge is 0.452 e. The molecule has 1 aromatic carbocycles.